The molecule has 29 heavy (non-hydrogen) atoms. The maximum Gasteiger partial charge on any atom is 0.408 e. The maximum atomic E-state index is 11.3. The number of ether oxygens (including phenoxy) is 2. The average molecular weight is 412 g/mol. The van der Waals surface area contributed by atoms with Gasteiger partial charge in [-0.3, -0.25) is 0 Å². The highest BCUT2D eigenvalue weighted by Gasteiger charge is 2.23. The van der Waals surface area contributed by atoms with E-state index in [1.807, 2.05) is 34.6 Å². The summed E-state index contributed by atoms with van der Waals surface area (Å²) in [6.45, 7) is 14.1. The van der Waals surface area contributed by atoms with Gasteiger partial charge in [-0.1, -0.05) is 13.8 Å². The van der Waals surface area contributed by atoms with Crippen molar-refractivity contribution in [1.82, 2.24) is 5.32 Å². The molecule has 1 rings (SSSR count). The number of carboxylic acids is 1. The van der Waals surface area contributed by atoms with E-state index in [-0.39, 0.29) is 12.2 Å². The van der Waals surface area contributed by atoms with Gasteiger partial charge >= 0.3 is 12.1 Å². The van der Waals surface area contributed by atoms with Crippen molar-refractivity contribution in [2.24, 2.45) is 5.92 Å². The molecular formula is C22H37NO6. The van der Waals surface area contributed by atoms with E-state index in [1.54, 1.807) is 24.3 Å². The van der Waals surface area contributed by atoms with Gasteiger partial charge in [-0.15, -0.1) is 0 Å². The lowest BCUT2D eigenvalue weighted by atomic mass is 10.0. The minimum absolute atomic E-state index is 0.0444. The second kappa shape index (κ2) is 12.3. The third-order valence-electron chi connectivity index (χ3n) is 3.64. The largest absolute Gasteiger partial charge is 0.494 e. The Morgan fingerprint density at radius 2 is 1.62 bits per heavy atom. The van der Waals surface area contributed by atoms with Gasteiger partial charge < -0.3 is 25.0 Å². The van der Waals surface area contributed by atoms with Crippen LogP contribution in [0.4, 0.5) is 4.79 Å². The number of carbonyl (C=O) groups excluding carboxylic acids is 1. The van der Waals surface area contributed by atoms with Crippen LogP contribution in [-0.2, 0) is 4.74 Å². The van der Waals surface area contributed by atoms with E-state index < -0.39 is 23.2 Å². The summed E-state index contributed by atoms with van der Waals surface area (Å²) < 4.78 is 10.5. The number of benzene rings is 1. The second-order valence-corrected chi connectivity index (χ2v) is 8.84. The number of nitrogens with one attached hydrogen (secondary N) is 1. The van der Waals surface area contributed by atoms with E-state index in [4.69, 9.17) is 19.7 Å². The first-order valence-electron chi connectivity index (χ1n) is 9.84. The van der Waals surface area contributed by atoms with Gasteiger partial charge in [0.2, 0.25) is 0 Å². The molecule has 0 heterocycles. The molecule has 3 N–H and O–H groups in total. The molecule has 0 aliphatic carbocycles. The summed E-state index contributed by atoms with van der Waals surface area (Å²) in [7, 11) is 0. The quantitative estimate of drug-likeness (QED) is 0.582. The zero-order valence-electron chi connectivity index (χ0n) is 18.7. The normalized spacial score (nSPS) is 11.3. The molecule has 0 aromatic heterocycles. The summed E-state index contributed by atoms with van der Waals surface area (Å²) in [5.74, 6) is 0.424. The Hall–Kier alpha value is -2.28. The van der Waals surface area contributed by atoms with Crippen LogP contribution in [0.15, 0.2) is 24.3 Å². The van der Waals surface area contributed by atoms with Crippen molar-refractivity contribution in [2.75, 3.05) is 13.2 Å². The van der Waals surface area contributed by atoms with Crippen molar-refractivity contribution in [3.63, 3.8) is 0 Å². The smallest absolute Gasteiger partial charge is 0.408 e. The lowest BCUT2D eigenvalue weighted by Gasteiger charge is -2.27. The van der Waals surface area contributed by atoms with Gasteiger partial charge in [0, 0.05) is 12.1 Å². The summed E-state index contributed by atoms with van der Waals surface area (Å²) in [4.78, 5) is 21.9. The van der Waals surface area contributed by atoms with E-state index in [0.717, 1.165) is 12.2 Å². The highest BCUT2D eigenvalue weighted by atomic mass is 16.6. The van der Waals surface area contributed by atoms with Gasteiger partial charge in [0.1, 0.15) is 11.4 Å². The van der Waals surface area contributed by atoms with Gasteiger partial charge in [0.05, 0.1) is 12.2 Å². The molecule has 1 aromatic carbocycles. The van der Waals surface area contributed by atoms with Crippen LogP contribution in [0.3, 0.4) is 0 Å². The van der Waals surface area contributed by atoms with Crippen molar-refractivity contribution in [3.8, 4) is 5.75 Å². The highest BCUT2D eigenvalue weighted by Crippen LogP contribution is 2.13. The van der Waals surface area contributed by atoms with Crippen LogP contribution in [0, 0.1) is 5.92 Å². The van der Waals surface area contributed by atoms with Crippen molar-refractivity contribution in [3.05, 3.63) is 29.8 Å². The Morgan fingerprint density at radius 3 is 2.03 bits per heavy atom. The number of rotatable bonds is 8. The number of carbonyl (C=O) groups is 2. The van der Waals surface area contributed by atoms with Crippen molar-refractivity contribution in [1.29, 1.82) is 0 Å². The van der Waals surface area contributed by atoms with Gasteiger partial charge in [-0.2, -0.15) is 0 Å². The Morgan fingerprint density at radius 1 is 1.07 bits per heavy atom. The molecular weight excluding hydrogens is 374 g/mol. The molecule has 0 fully saturated rings. The summed E-state index contributed by atoms with van der Waals surface area (Å²) in [5, 5.41) is 20.1. The van der Waals surface area contributed by atoms with Crippen LogP contribution in [0.1, 0.15) is 71.7 Å². The van der Waals surface area contributed by atoms with Gasteiger partial charge in [0.25, 0.3) is 0 Å². The fraction of sp³-hybridized carbons (Fsp3) is 0.636. The monoisotopic (exact) mass is 411 g/mol. The fourth-order valence-corrected chi connectivity index (χ4v) is 2.03. The Kier molecular flexibility index (Phi) is 11.3. The number of aliphatic hydroxyl groups is 1. The van der Waals surface area contributed by atoms with Gasteiger partial charge in [-0.25, -0.2) is 9.59 Å². The SMILES string of the molecule is CC(C)(CCO)NC(=O)OC(C)(C)C.CC(C)CCOc1ccc(C(=O)O)cc1. The van der Waals surface area contributed by atoms with Crippen LogP contribution in [-0.4, -0.2) is 46.6 Å². The Balaban J connectivity index is 0.000000543. The number of aromatic carboxylic acids is 1. The molecule has 7 heteroatoms. The number of hydrogen-bond donors (Lipinski definition) is 3. The Labute approximate surface area is 174 Å². The molecule has 0 aliphatic rings. The molecule has 7 nitrogen and oxygen atoms in total. The highest BCUT2D eigenvalue weighted by molar-refractivity contribution is 5.87. The third-order valence-corrected chi connectivity index (χ3v) is 3.64. The number of carboxylic acid groups (broad SMARTS) is 1. The van der Waals surface area contributed by atoms with E-state index in [0.29, 0.717) is 18.9 Å². The van der Waals surface area contributed by atoms with Crippen LogP contribution in [0.25, 0.3) is 0 Å². The predicted molar refractivity (Wildman–Crippen MR) is 114 cm³/mol. The third kappa shape index (κ3) is 14.4. The molecule has 0 aliphatic heterocycles. The first-order valence-corrected chi connectivity index (χ1v) is 9.84. The van der Waals surface area contributed by atoms with Crippen molar-refractivity contribution >= 4 is 12.1 Å². The topological polar surface area (TPSA) is 105 Å². The zero-order valence-corrected chi connectivity index (χ0v) is 18.7. The molecule has 1 aromatic rings. The molecule has 0 saturated carbocycles. The lowest BCUT2D eigenvalue weighted by molar-refractivity contribution is 0.0458. The van der Waals surface area contributed by atoms with Crippen LogP contribution >= 0.6 is 0 Å². The average Bonchev–Trinajstić information content (AvgIpc) is 2.53. The Bertz CT molecular complexity index is 617. The van der Waals surface area contributed by atoms with Crippen LogP contribution in [0.5, 0.6) is 5.75 Å². The van der Waals surface area contributed by atoms with Gasteiger partial charge in [-0.05, 0) is 77.6 Å². The van der Waals surface area contributed by atoms with Crippen molar-refractivity contribution < 1.29 is 29.3 Å². The van der Waals surface area contributed by atoms with Crippen LogP contribution in [0.2, 0.25) is 0 Å². The van der Waals surface area contributed by atoms with E-state index >= 15 is 0 Å². The second-order valence-electron chi connectivity index (χ2n) is 8.84. The number of aliphatic hydroxyl groups excluding tert-OH is 1. The molecule has 0 bridgehead atoms. The number of hydrogen-bond acceptors (Lipinski definition) is 5. The fourth-order valence-electron chi connectivity index (χ4n) is 2.03. The molecule has 1 amide bonds. The molecule has 0 unspecified atom stereocenters. The molecule has 0 spiro atoms. The number of amides is 1. The summed E-state index contributed by atoms with van der Waals surface area (Å²) in [6, 6.07) is 6.47. The van der Waals surface area contributed by atoms with E-state index in [1.165, 1.54) is 0 Å². The predicted octanol–water partition coefficient (Wildman–Crippen LogP) is 4.48. The number of alkyl carbamates (subject to hydrolysis) is 1. The minimum Gasteiger partial charge on any atom is -0.494 e. The maximum absolute atomic E-state index is 11.3. The van der Waals surface area contributed by atoms with Crippen LogP contribution < -0.4 is 10.1 Å². The molecule has 166 valence electrons. The molecule has 0 saturated heterocycles. The van der Waals surface area contributed by atoms with E-state index in [2.05, 4.69) is 19.2 Å². The van der Waals surface area contributed by atoms with E-state index in [9.17, 15) is 9.59 Å². The summed E-state index contributed by atoms with van der Waals surface area (Å²) in [5.41, 5.74) is -0.637. The molecule has 0 radical (unpaired) electrons. The summed E-state index contributed by atoms with van der Waals surface area (Å²) in [6.07, 6.45) is 1.06. The standard InChI is InChI=1S/C12H16O3.C10H21NO3/c1-9(2)7-8-15-11-5-3-10(4-6-11)12(13)14;1-9(2,3)14-8(13)11-10(4,5)6-7-12/h3-6,9H,7-8H2,1-2H3,(H,13,14);12H,6-7H2,1-5H3,(H,11,13). The zero-order chi connectivity index (χ0) is 22.7. The first kappa shape index (κ1) is 26.7. The lowest BCUT2D eigenvalue weighted by Crippen LogP contribution is -2.46. The summed E-state index contributed by atoms with van der Waals surface area (Å²) >= 11 is 0. The first-order chi connectivity index (χ1) is 13.3. The minimum atomic E-state index is -0.913. The molecule has 0 atom stereocenters. The van der Waals surface area contributed by atoms with Crippen molar-refractivity contribution in [2.45, 2.75) is 72.4 Å². The van der Waals surface area contributed by atoms with Gasteiger partial charge in [0.15, 0.2) is 0 Å².